The standard InChI is InChI=1S/C16H12BrN5/c17-14-4-1-11(2-5-14)10-22-8-7-12-9-13(3-6-15(12)22)16-18-20-21-19-16/h1-9H,10H2,(H,18,19,20,21). The molecule has 5 nitrogen and oxygen atoms in total. The van der Waals surface area contributed by atoms with Crippen molar-refractivity contribution in [2.45, 2.75) is 6.54 Å². The van der Waals surface area contributed by atoms with Gasteiger partial charge in [0, 0.05) is 33.7 Å². The van der Waals surface area contributed by atoms with Crippen LogP contribution in [-0.4, -0.2) is 25.2 Å². The number of halogens is 1. The SMILES string of the molecule is Brc1ccc(Cn2ccc3cc(-c4nn[nH]n4)ccc32)cc1. The smallest absolute Gasteiger partial charge is 0.204 e. The molecule has 0 spiro atoms. The molecule has 0 amide bonds. The molecule has 2 aromatic heterocycles. The first kappa shape index (κ1) is 13.2. The fourth-order valence-electron chi connectivity index (χ4n) is 2.55. The topological polar surface area (TPSA) is 59.4 Å². The lowest BCUT2D eigenvalue weighted by molar-refractivity contribution is 0.837. The van der Waals surface area contributed by atoms with Crippen LogP contribution >= 0.6 is 15.9 Å². The van der Waals surface area contributed by atoms with Crippen LogP contribution in [0.3, 0.4) is 0 Å². The second-order valence-electron chi connectivity index (χ2n) is 5.08. The van der Waals surface area contributed by atoms with Gasteiger partial charge in [-0.15, -0.1) is 10.2 Å². The molecular weight excluding hydrogens is 342 g/mol. The maximum absolute atomic E-state index is 4.02. The van der Waals surface area contributed by atoms with Gasteiger partial charge < -0.3 is 4.57 Å². The molecule has 2 aromatic carbocycles. The van der Waals surface area contributed by atoms with Crippen LogP contribution in [0.15, 0.2) is 59.2 Å². The number of hydrogen-bond donors (Lipinski definition) is 1. The molecule has 0 aliphatic carbocycles. The van der Waals surface area contributed by atoms with E-state index < -0.39 is 0 Å². The quantitative estimate of drug-likeness (QED) is 0.611. The molecule has 0 unspecified atom stereocenters. The minimum absolute atomic E-state index is 0.613. The van der Waals surface area contributed by atoms with Crippen molar-refractivity contribution < 1.29 is 0 Å². The van der Waals surface area contributed by atoms with Crippen LogP contribution in [0.2, 0.25) is 0 Å². The van der Waals surface area contributed by atoms with Gasteiger partial charge in [-0.2, -0.15) is 5.21 Å². The summed E-state index contributed by atoms with van der Waals surface area (Å²) in [6.45, 7) is 0.846. The Bertz CT molecular complexity index is 910. The van der Waals surface area contributed by atoms with Crippen molar-refractivity contribution in [2.24, 2.45) is 0 Å². The second kappa shape index (κ2) is 5.38. The van der Waals surface area contributed by atoms with E-state index in [4.69, 9.17) is 0 Å². The molecule has 0 aliphatic rings. The Morgan fingerprint density at radius 3 is 2.68 bits per heavy atom. The van der Waals surface area contributed by atoms with Gasteiger partial charge in [-0.1, -0.05) is 28.1 Å². The Balaban J connectivity index is 1.69. The van der Waals surface area contributed by atoms with E-state index in [1.807, 2.05) is 6.07 Å². The van der Waals surface area contributed by atoms with Gasteiger partial charge in [0.05, 0.1) is 0 Å². The number of fused-ring (bicyclic) bond motifs is 1. The normalized spacial score (nSPS) is 11.1. The number of nitrogens with one attached hydrogen (secondary N) is 1. The molecule has 4 aromatic rings. The van der Waals surface area contributed by atoms with E-state index >= 15 is 0 Å². The predicted octanol–water partition coefficient (Wildman–Crippen LogP) is 3.63. The molecule has 4 rings (SSSR count). The minimum Gasteiger partial charge on any atom is -0.343 e. The molecule has 2 heterocycles. The van der Waals surface area contributed by atoms with E-state index in [9.17, 15) is 0 Å². The Morgan fingerprint density at radius 1 is 1.05 bits per heavy atom. The highest BCUT2D eigenvalue weighted by atomic mass is 79.9. The molecule has 0 fully saturated rings. The Morgan fingerprint density at radius 2 is 1.91 bits per heavy atom. The first-order chi connectivity index (χ1) is 10.8. The van der Waals surface area contributed by atoms with Crippen molar-refractivity contribution in [1.82, 2.24) is 25.2 Å². The summed E-state index contributed by atoms with van der Waals surface area (Å²) in [5.41, 5.74) is 3.42. The molecule has 0 saturated heterocycles. The van der Waals surface area contributed by atoms with Crippen LogP contribution in [0, 0.1) is 0 Å². The lowest BCUT2D eigenvalue weighted by Gasteiger charge is -2.06. The van der Waals surface area contributed by atoms with Crippen molar-refractivity contribution in [3.8, 4) is 11.4 Å². The highest BCUT2D eigenvalue weighted by molar-refractivity contribution is 9.10. The molecule has 0 aliphatic heterocycles. The van der Waals surface area contributed by atoms with Gasteiger partial charge in [-0.3, -0.25) is 0 Å². The molecule has 1 N–H and O–H groups in total. The Kier molecular flexibility index (Phi) is 3.23. The van der Waals surface area contributed by atoms with E-state index in [-0.39, 0.29) is 0 Å². The lowest BCUT2D eigenvalue weighted by atomic mass is 10.1. The van der Waals surface area contributed by atoms with E-state index in [2.05, 4.69) is 89.8 Å². The van der Waals surface area contributed by atoms with Gasteiger partial charge in [0.1, 0.15) is 0 Å². The third-order valence-electron chi connectivity index (χ3n) is 3.64. The number of hydrogen-bond acceptors (Lipinski definition) is 3. The highest BCUT2D eigenvalue weighted by Crippen LogP contribution is 2.23. The second-order valence-corrected chi connectivity index (χ2v) is 5.99. The summed E-state index contributed by atoms with van der Waals surface area (Å²) >= 11 is 3.46. The first-order valence-corrected chi connectivity index (χ1v) is 7.66. The highest BCUT2D eigenvalue weighted by Gasteiger charge is 2.07. The Labute approximate surface area is 135 Å². The monoisotopic (exact) mass is 353 g/mol. The van der Waals surface area contributed by atoms with Crippen molar-refractivity contribution in [1.29, 1.82) is 0 Å². The van der Waals surface area contributed by atoms with Gasteiger partial charge in [0.25, 0.3) is 0 Å². The number of aromatic nitrogens is 5. The van der Waals surface area contributed by atoms with Crippen molar-refractivity contribution >= 4 is 26.8 Å². The Hall–Kier alpha value is -2.47. The molecule has 0 atom stereocenters. The summed E-state index contributed by atoms with van der Waals surface area (Å²) in [5.74, 6) is 0.613. The van der Waals surface area contributed by atoms with Crippen molar-refractivity contribution in [3.63, 3.8) is 0 Å². The third kappa shape index (κ3) is 2.42. The zero-order chi connectivity index (χ0) is 14.9. The van der Waals surface area contributed by atoms with Crippen LogP contribution in [-0.2, 0) is 6.54 Å². The first-order valence-electron chi connectivity index (χ1n) is 6.87. The molecule has 6 heteroatoms. The van der Waals surface area contributed by atoms with Gasteiger partial charge in [0.2, 0.25) is 5.82 Å². The van der Waals surface area contributed by atoms with Crippen LogP contribution < -0.4 is 0 Å². The van der Waals surface area contributed by atoms with Crippen molar-refractivity contribution in [2.75, 3.05) is 0 Å². The fourth-order valence-corrected chi connectivity index (χ4v) is 2.81. The summed E-state index contributed by atoms with van der Waals surface area (Å²) in [6.07, 6.45) is 2.10. The molecule has 22 heavy (non-hydrogen) atoms. The van der Waals surface area contributed by atoms with Crippen molar-refractivity contribution in [3.05, 3.63) is 64.8 Å². The van der Waals surface area contributed by atoms with Crippen LogP contribution in [0.4, 0.5) is 0 Å². The summed E-state index contributed by atoms with van der Waals surface area (Å²) in [4.78, 5) is 0. The molecule has 0 bridgehead atoms. The third-order valence-corrected chi connectivity index (χ3v) is 4.17. The van der Waals surface area contributed by atoms with E-state index in [1.54, 1.807) is 0 Å². The maximum atomic E-state index is 4.02. The summed E-state index contributed by atoms with van der Waals surface area (Å²) in [7, 11) is 0. The number of nitrogens with zero attached hydrogens (tertiary/aromatic N) is 4. The molecule has 0 saturated carbocycles. The summed E-state index contributed by atoms with van der Waals surface area (Å²) in [5, 5.41) is 15.3. The minimum atomic E-state index is 0.613. The largest absolute Gasteiger partial charge is 0.343 e. The average molecular weight is 354 g/mol. The maximum Gasteiger partial charge on any atom is 0.204 e. The van der Waals surface area contributed by atoms with Gasteiger partial charge >= 0.3 is 0 Å². The zero-order valence-corrected chi connectivity index (χ0v) is 13.2. The predicted molar refractivity (Wildman–Crippen MR) is 88.4 cm³/mol. The van der Waals surface area contributed by atoms with Gasteiger partial charge in [-0.25, -0.2) is 0 Å². The fraction of sp³-hybridized carbons (Fsp3) is 0.0625. The van der Waals surface area contributed by atoms with Gasteiger partial charge in [0.15, 0.2) is 0 Å². The zero-order valence-electron chi connectivity index (χ0n) is 11.6. The summed E-state index contributed by atoms with van der Waals surface area (Å²) in [6, 6.07) is 16.7. The van der Waals surface area contributed by atoms with Crippen LogP contribution in [0.1, 0.15) is 5.56 Å². The van der Waals surface area contributed by atoms with E-state index in [0.29, 0.717) is 5.82 Å². The molecule has 0 radical (unpaired) electrons. The van der Waals surface area contributed by atoms with Gasteiger partial charge in [-0.05, 0) is 47.2 Å². The molecule has 108 valence electrons. The van der Waals surface area contributed by atoms with Crippen LogP contribution in [0.25, 0.3) is 22.3 Å². The number of aromatic amines is 1. The summed E-state index contributed by atoms with van der Waals surface area (Å²) < 4.78 is 3.33. The van der Waals surface area contributed by atoms with Crippen LogP contribution in [0.5, 0.6) is 0 Å². The average Bonchev–Trinajstić information content (AvgIpc) is 3.19. The van der Waals surface area contributed by atoms with E-state index in [1.165, 1.54) is 16.5 Å². The number of rotatable bonds is 3. The molecular formula is C16H12BrN5. The van der Waals surface area contributed by atoms with E-state index in [0.717, 1.165) is 16.6 Å². The number of H-pyrrole nitrogens is 1. The number of tetrazole rings is 1. The number of benzene rings is 2. The lowest BCUT2D eigenvalue weighted by Crippen LogP contribution is -1.97.